The normalized spacial score (nSPS) is 12.2. The second kappa shape index (κ2) is 11.0. The Kier molecular flexibility index (Phi) is 9.31. The smallest absolute Gasteiger partial charge is 0.238 e. The largest absolute Gasteiger partial charge is 0.382 e. The third-order valence-electron chi connectivity index (χ3n) is 3.13. The van der Waals surface area contributed by atoms with Gasteiger partial charge in [-0.15, -0.1) is 0 Å². The second-order valence-corrected chi connectivity index (χ2v) is 6.56. The monoisotopic (exact) mass is 358 g/mol. The molecule has 9 heteroatoms. The van der Waals surface area contributed by atoms with Crippen molar-refractivity contribution in [2.75, 3.05) is 40.5 Å². The lowest BCUT2D eigenvalue weighted by atomic mass is 10.2. The fraction of sp³-hybridized carbons (Fsp3) is 0.533. The zero-order chi connectivity index (χ0) is 17.8. The van der Waals surface area contributed by atoms with Crippen molar-refractivity contribution in [2.45, 2.75) is 17.9 Å². The van der Waals surface area contributed by atoms with Gasteiger partial charge >= 0.3 is 0 Å². The number of methoxy groups -OCH3 is 1. The van der Waals surface area contributed by atoms with Crippen LogP contribution in [-0.4, -0.2) is 54.9 Å². The molecule has 0 aliphatic rings. The van der Waals surface area contributed by atoms with Gasteiger partial charge in [0.25, 0.3) is 0 Å². The van der Waals surface area contributed by atoms with Gasteiger partial charge in [0.15, 0.2) is 5.96 Å². The van der Waals surface area contributed by atoms with Crippen LogP contribution in [0, 0.1) is 0 Å². The van der Waals surface area contributed by atoms with E-state index in [1.54, 1.807) is 26.3 Å². The van der Waals surface area contributed by atoms with Crippen molar-refractivity contribution in [2.24, 2.45) is 10.1 Å². The van der Waals surface area contributed by atoms with Crippen molar-refractivity contribution in [3.8, 4) is 0 Å². The third-order valence-corrected chi connectivity index (χ3v) is 4.05. The van der Waals surface area contributed by atoms with Gasteiger partial charge in [-0.3, -0.25) is 4.99 Å². The molecule has 0 saturated carbocycles. The molecule has 136 valence electrons. The summed E-state index contributed by atoms with van der Waals surface area (Å²) in [5.41, 5.74) is 0.924. The fourth-order valence-electron chi connectivity index (χ4n) is 1.83. The molecular formula is C15H26N4O4S. The summed E-state index contributed by atoms with van der Waals surface area (Å²) in [5, 5.41) is 11.4. The van der Waals surface area contributed by atoms with Gasteiger partial charge in [0.05, 0.1) is 18.1 Å². The lowest BCUT2D eigenvalue weighted by Crippen LogP contribution is -2.37. The molecule has 4 N–H and O–H groups in total. The Labute approximate surface area is 143 Å². The second-order valence-electron chi connectivity index (χ2n) is 5.00. The molecule has 0 atom stereocenters. The molecule has 0 bridgehead atoms. The van der Waals surface area contributed by atoms with Gasteiger partial charge in [-0.1, -0.05) is 12.1 Å². The van der Waals surface area contributed by atoms with Crippen LogP contribution in [0.2, 0.25) is 0 Å². The fourth-order valence-corrected chi connectivity index (χ4v) is 2.34. The van der Waals surface area contributed by atoms with Crippen LogP contribution in [-0.2, 0) is 26.0 Å². The number of rotatable bonds is 10. The van der Waals surface area contributed by atoms with Crippen LogP contribution in [0.4, 0.5) is 0 Å². The number of nitrogens with one attached hydrogen (secondary N) is 2. The lowest BCUT2D eigenvalue weighted by molar-refractivity contribution is 0.0698. The predicted octanol–water partition coefficient (Wildman–Crippen LogP) is 0.0521. The van der Waals surface area contributed by atoms with E-state index in [1.165, 1.54) is 12.1 Å². The first-order chi connectivity index (χ1) is 11.5. The molecule has 24 heavy (non-hydrogen) atoms. The van der Waals surface area contributed by atoms with E-state index in [4.69, 9.17) is 14.6 Å². The molecule has 0 amide bonds. The van der Waals surface area contributed by atoms with E-state index in [-0.39, 0.29) is 4.90 Å². The number of hydrogen-bond acceptors (Lipinski definition) is 5. The predicted molar refractivity (Wildman–Crippen MR) is 93.3 cm³/mol. The van der Waals surface area contributed by atoms with Crippen LogP contribution < -0.4 is 15.8 Å². The molecule has 0 spiro atoms. The average Bonchev–Trinajstić information content (AvgIpc) is 2.56. The highest BCUT2D eigenvalue weighted by atomic mass is 32.2. The third kappa shape index (κ3) is 8.25. The van der Waals surface area contributed by atoms with E-state index in [1.807, 2.05) is 0 Å². The first-order valence-corrected chi connectivity index (χ1v) is 9.15. The van der Waals surface area contributed by atoms with E-state index in [9.17, 15) is 8.42 Å². The molecular weight excluding hydrogens is 332 g/mol. The number of guanidine groups is 1. The molecule has 0 fully saturated rings. The van der Waals surface area contributed by atoms with Crippen LogP contribution in [0.5, 0.6) is 0 Å². The average molecular weight is 358 g/mol. The van der Waals surface area contributed by atoms with Gasteiger partial charge in [-0.2, -0.15) is 0 Å². The Balaban J connectivity index is 2.29. The number of ether oxygens (including phenoxy) is 2. The van der Waals surface area contributed by atoms with Crippen molar-refractivity contribution < 1.29 is 17.9 Å². The Bertz CT molecular complexity index is 602. The van der Waals surface area contributed by atoms with Crippen molar-refractivity contribution in [1.82, 2.24) is 10.6 Å². The van der Waals surface area contributed by atoms with Gasteiger partial charge < -0.3 is 20.1 Å². The minimum Gasteiger partial charge on any atom is -0.382 e. The summed E-state index contributed by atoms with van der Waals surface area (Å²) < 4.78 is 32.7. The van der Waals surface area contributed by atoms with Crippen molar-refractivity contribution >= 4 is 16.0 Å². The minimum absolute atomic E-state index is 0.0993. The molecule has 0 radical (unpaired) electrons. The number of nitrogens with two attached hydrogens (primary N) is 1. The number of nitrogens with zero attached hydrogens (tertiary/aromatic N) is 1. The maximum Gasteiger partial charge on any atom is 0.238 e. The topological polar surface area (TPSA) is 115 Å². The summed E-state index contributed by atoms with van der Waals surface area (Å²) in [5.74, 6) is 0.669. The quantitative estimate of drug-likeness (QED) is 0.309. The number of sulfonamides is 1. The summed E-state index contributed by atoms with van der Waals surface area (Å²) >= 11 is 0. The molecule has 1 rings (SSSR count). The van der Waals surface area contributed by atoms with Gasteiger partial charge in [0, 0.05) is 33.9 Å². The van der Waals surface area contributed by atoms with Crippen LogP contribution in [0.15, 0.2) is 34.2 Å². The molecule has 0 heterocycles. The van der Waals surface area contributed by atoms with E-state index in [0.29, 0.717) is 32.3 Å². The zero-order valence-corrected chi connectivity index (χ0v) is 14.9. The molecule has 0 aliphatic carbocycles. The van der Waals surface area contributed by atoms with Crippen LogP contribution in [0.1, 0.15) is 12.0 Å². The summed E-state index contributed by atoms with van der Waals surface area (Å²) in [6, 6.07) is 6.40. The zero-order valence-electron chi connectivity index (χ0n) is 14.1. The highest BCUT2D eigenvalue weighted by molar-refractivity contribution is 7.89. The summed E-state index contributed by atoms with van der Waals surface area (Å²) in [7, 11) is -0.324. The number of primary sulfonamides is 1. The lowest BCUT2D eigenvalue weighted by Gasteiger charge is -2.12. The molecule has 8 nitrogen and oxygen atoms in total. The Hall–Kier alpha value is -1.68. The standard InChI is InChI=1S/C15H26N4O4S/c1-17-15(18-8-3-9-23-11-10-22-2)19-12-13-4-6-14(7-5-13)24(16,20)21/h4-7H,3,8-12H2,1-2H3,(H2,16,20,21)(H2,17,18,19). The highest BCUT2D eigenvalue weighted by Gasteiger charge is 2.06. The first kappa shape index (κ1) is 20.4. The SMILES string of the molecule is CN=C(NCCCOCCOC)NCc1ccc(S(N)(=O)=O)cc1. The molecule has 1 aromatic rings. The van der Waals surface area contributed by atoms with Crippen LogP contribution in [0.25, 0.3) is 0 Å². The van der Waals surface area contributed by atoms with E-state index >= 15 is 0 Å². The maximum absolute atomic E-state index is 11.2. The highest BCUT2D eigenvalue weighted by Crippen LogP contribution is 2.08. The molecule has 0 aromatic heterocycles. The van der Waals surface area contributed by atoms with Gasteiger partial charge in [-0.05, 0) is 24.1 Å². The van der Waals surface area contributed by atoms with E-state index in [0.717, 1.165) is 18.5 Å². The molecule has 0 aliphatic heterocycles. The maximum atomic E-state index is 11.2. The Morgan fingerprint density at radius 2 is 1.88 bits per heavy atom. The number of benzene rings is 1. The van der Waals surface area contributed by atoms with Gasteiger partial charge in [-0.25, -0.2) is 13.6 Å². The van der Waals surface area contributed by atoms with Crippen LogP contribution in [0.3, 0.4) is 0 Å². The van der Waals surface area contributed by atoms with Gasteiger partial charge in [0.2, 0.25) is 10.0 Å². The van der Waals surface area contributed by atoms with Crippen molar-refractivity contribution in [3.63, 3.8) is 0 Å². The van der Waals surface area contributed by atoms with Crippen molar-refractivity contribution in [3.05, 3.63) is 29.8 Å². The molecule has 0 unspecified atom stereocenters. The van der Waals surface area contributed by atoms with Crippen molar-refractivity contribution in [1.29, 1.82) is 0 Å². The van der Waals surface area contributed by atoms with E-state index < -0.39 is 10.0 Å². The van der Waals surface area contributed by atoms with E-state index in [2.05, 4.69) is 15.6 Å². The molecule has 1 aromatic carbocycles. The summed E-state index contributed by atoms with van der Waals surface area (Å²) in [6.45, 7) is 3.10. The molecule has 0 saturated heterocycles. The first-order valence-electron chi connectivity index (χ1n) is 7.60. The Morgan fingerprint density at radius 1 is 1.17 bits per heavy atom. The summed E-state index contributed by atoms with van der Waals surface area (Å²) in [4.78, 5) is 4.22. The Morgan fingerprint density at radius 3 is 2.46 bits per heavy atom. The summed E-state index contributed by atoms with van der Waals surface area (Å²) in [6.07, 6.45) is 0.855. The number of aliphatic imine (C=N–C) groups is 1. The van der Waals surface area contributed by atoms with Gasteiger partial charge in [0.1, 0.15) is 0 Å². The number of hydrogen-bond donors (Lipinski definition) is 3. The van der Waals surface area contributed by atoms with Crippen LogP contribution >= 0.6 is 0 Å². The minimum atomic E-state index is -3.66.